The summed E-state index contributed by atoms with van der Waals surface area (Å²) >= 11 is 4.94. The smallest absolute Gasteiger partial charge is 0.358 e. The fourth-order valence-corrected chi connectivity index (χ4v) is 2.90. The molecule has 0 aliphatic carbocycles. The van der Waals surface area contributed by atoms with Crippen molar-refractivity contribution in [3.8, 4) is 0 Å². The Morgan fingerprint density at radius 2 is 2.24 bits per heavy atom. The van der Waals surface area contributed by atoms with Gasteiger partial charge in [0.15, 0.2) is 5.69 Å². The van der Waals surface area contributed by atoms with Gasteiger partial charge < -0.3 is 15.7 Å². The zero-order valence-electron chi connectivity index (χ0n) is 10.7. The first-order valence-corrected chi connectivity index (χ1v) is 7.60. The van der Waals surface area contributed by atoms with Crippen molar-refractivity contribution in [3.05, 3.63) is 32.7 Å². The molecular weight excluding hydrogens is 362 g/mol. The molecule has 2 aromatic rings. The van der Waals surface area contributed by atoms with Gasteiger partial charge in [0.25, 0.3) is 0 Å². The second-order valence-electron chi connectivity index (χ2n) is 3.97. The number of carboxylic acids is 1. The van der Waals surface area contributed by atoms with Gasteiger partial charge in [0.05, 0.1) is 19.3 Å². The first-order valence-electron chi connectivity index (χ1n) is 5.93. The van der Waals surface area contributed by atoms with E-state index in [4.69, 9.17) is 5.11 Å². The Labute approximate surface area is 132 Å². The van der Waals surface area contributed by atoms with E-state index in [1.807, 2.05) is 11.4 Å². The number of amides is 2. The number of carboxylic acid groups (broad SMARTS) is 1. The average Bonchev–Trinajstić information content (AvgIpc) is 3.06. The molecule has 0 aliphatic heterocycles. The van der Waals surface area contributed by atoms with Crippen LogP contribution in [0.4, 0.5) is 4.79 Å². The molecule has 21 heavy (non-hydrogen) atoms. The third kappa shape index (κ3) is 4.53. The summed E-state index contributed by atoms with van der Waals surface area (Å²) in [6.45, 7) is 1.10. The molecule has 8 nitrogen and oxygen atoms in total. The Bertz CT molecular complexity index is 641. The van der Waals surface area contributed by atoms with E-state index in [0.717, 1.165) is 9.35 Å². The van der Waals surface area contributed by atoms with Gasteiger partial charge in [-0.2, -0.15) is 0 Å². The van der Waals surface area contributed by atoms with Crippen molar-refractivity contribution in [2.45, 2.75) is 13.1 Å². The number of carbonyl (C=O) groups excluding carboxylic acids is 1. The van der Waals surface area contributed by atoms with E-state index in [-0.39, 0.29) is 11.7 Å². The number of nitrogens with zero attached hydrogens (tertiary/aromatic N) is 3. The second kappa shape index (κ2) is 7.18. The van der Waals surface area contributed by atoms with Crippen molar-refractivity contribution in [1.29, 1.82) is 0 Å². The van der Waals surface area contributed by atoms with Crippen LogP contribution >= 0.6 is 27.3 Å². The molecule has 10 heteroatoms. The van der Waals surface area contributed by atoms with Gasteiger partial charge in [0.2, 0.25) is 0 Å². The topological polar surface area (TPSA) is 109 Å². The molecule has 0 saturated heterocycles. The van der Waals surface area contributed by atoms with Crippen molar-refractivity contribution < 1.29 is 14.7 Å². The van der Waals surface area contributed by atoms with Gasteiger partial charge >= 0.3 is 12.0 Å². The highest BCUT2D eigenvalue weighted by Gasteiger charge is 2.08. The van der Waals surface area contributed by atoms with Crippen LogP contribution in [0.25, 0.3) is 0 Å². The third-order valence-electron chi connectivity index (χ3n) is 2.48. The van der Waals surface area contributed by atoms with Crippen molar-refractivity contribution >= 4 is 39.3 Å². The Morgan fingerprint density at radius 3 is 2.86 bits per heavy atom. The van der Waals surface area contributed by atoms with Gasteiger partial charge in [-0.15, -0.1) is 16.4 Å². The van der Waals surface area contributed by atoms with Crippen molar-refractivity contribution in [2.24, 2.45) is 0 Å². The number of halogens is 1. The van der Waals surface area contributed by atoms with E-state index >= 15 is 0 Å². The molecule has 0 fully saturated rings. The molecule has 0 spiro atoms. The van der Waals surface area contributed by atoms with Crippen LogP contribution in [0, 0.1) is 0 Å². The maximum atomic E-state index is 11.6. The Morgan fingerprint density at radius 1 is 1.43 bits per heavy atom. The van der Waals surface area contributed by atoms with Crippen LogP contribution < -0.4 is 10.6 Å². The highest BCUT2D eigenvalue weighted by molar-refractivity contribution is 9.10. The van der Waals surface area contributed by atoms with Crippen LogP contribution in [-0.4, -0.2) is 38.6 Å². The van der Waals surface area contributed by atoms with E-state index in [0.29, 0.717) is 19.6 Å². The highest BCUT2D eigenvalue weighted by atomic mass is 79.9. The fourth-order valence-electron chi connectivity index (χ4n) is 1.46. The van der Waals surface area contributed by atoms with Crippen molar-refractivity contribution in [2.75, 3.05) is 6.54 Å². The summed E-state index contributed by atoms with van der Waals surface area (Å²) in [5.41, 5.74) is -0.123. The standard InChI is InChI=1S/C11H12BrN5O3S/c12-7-1-4-21-9(7)5-14-11(20)13-2-3-17-6-8(10(18)19)15-16-17/h1,4,6H,2-3,5H2,(H,18,19)(H2,13,14,20). The SMILES string of the molecule is O=C(NCCn1cc(C(=O)O)nn1)NCc1sccc1Br. The molecule has 2 heterocycles. The molecule has 0 aliphatic rings. The van der Waals surface area contributed by atoms with Crippen LogP contribution in [0.1, 0.15) is 15.4 Å². The number of thiophene rings is 1. The van der Waals surface area contributed by atoms with E-state index in [1.54, 1.807) is 11.3 Å². The lowest BCUT2D eigenvalue weighted by Crippen LogP contribution is -2.36. The summed E-state index contributed by atoms with van der Waals surface area (Å²) in [6, 6.07) is 1.62. The fraction of sp³-hybridized carbons (Fsp3) is 0.273. The van der Waals surface area contributed by atoms with E-state index < -0.39 is 5.97 Å². The Balaban J connectivity index is 1.69. The summed E-state index contributed by atoms with van der Waals surface area (Å²) < 4.78 is 2.33. The maximum Gasteiger partial charge on any atom is 0.358 e. The minimum atomic E-state index is -1.13. The Kier molecular flexibility index (Phi) is 5.28. The summed E-state index contributed by atoms with van der Waals surface area (Å²) in [4.78, 5) is 23.2. The minimum absolute atomic E-state index is 0.123. The van der Waals surface area contributed by atoms with Crippen LogP contribution in [0.2, 0.25) is 0 Å². The largest absolute Gasteiger partial charge is 0.476 e. The van der Waals surface area contributed by atoms with Crippen LogP contribution in [0.15, 0.2) is 22.1 Å². The quantitative estimate of drug-likeness (QED) is 0.706. The lowest BCUT2D eigenvalue weighted by Gasteiger charge is -2.06. The van der Waals surface area contributed by atoms with E-state index in [2.05, 4.69) is 36.9 Å². The molecular formula is C11H12BrN5O3S. The lowest BCUT2D eigenvalue weighted by atomic mass is 10.4. The van der Waals surface area contributed by atoms with Gasteiger partial charge in [-0.3, -0.25) is 0 Å². The second-order valence-corrected chi connectivity index (χ2v) is 5.83. The number of carbonyl (C=O) groups is 2. The van der Waals surface area contributed by atoms with Crippen LogP contribution in [0.3, 0.4) is 0 Å². The van der Waals surface area contributed by atoms with Crippen molar-refractivity contribution in [1.82, 2.24) is 25.6 Å². The van der Waals surface area contributed by atoms with Crippen molar-refractivity contribution in [3.63, 3.8) is 0 Å². The van der Waals surface area contributed by atoms with E-state index in [9.17, 15) is 9.59 Å². The van der Waals surface area contributed by atoms with Gasteiger partial charge in [-0.1, -0.05) is 5.21 Å². The van der Waals surface area contributed by atoms with Gasteiger partial charge in [0, 0.05) is 15.9 Å². The minimum Gasteiger partial charge on any atom is -0.476 e. The molecule has 112 valence electrons. The maximum absolute atomic E-state index is 11.6. The lowest BCUT2D eigenvalue weighted by molar-refractivity contribution is 0.0690. The predicted octanol–water partition coefficient (Wildman–Crippen LogP) is 1.30. The average molecular weight is 374 g/mol. The molecule has 0 saturated carbocycles. The van der Waals surface area contributed by atoms with Gasteiger partial charge in [-0.25, -0.2) is 14.3 Å². The molecule has 0 unspecified atom stereocenters. The first-order chi connectivity index (χ1) is 10.1. The molecule has 2 amide bonds. The number of aromatic carboxylic acids is 1. The zero-order valence-corrected chi connectivity index (χ0v) is 13.1. The summed E-state index contributed by atoms with van der Waals surface area (Å²) in [7, 11) is 0. The van der Waals surface area contributed by atoms with Gasteiger partial charge in [-0.05, 0) is 27.4 Å². The number of aromatic nitrogens is 3. The molecule has 0 radical (unpaired) electrons. The first kappa shape index (κ1) is 15.4. The molecule has 2 rings (SSSR count). The number of urea groups is 1. The summed E-state index contributed by atoms with van der Waals surface area (Å²) in [5, 5.41) is 23.1. The highest BCUT2D eigenvalue weighted by Crippen LogP contribution is 2.21. The van der Waals surface area contributed by atoms with Crippen LogP contribution in [0.5, 0.6) is 0 Å². The Hall–Kier alpha value is -1.94. The number of hydrogen-bond donors (Lipinski definition) is 3. The molecule has 2 aromatic heterocycles. The summed E-state index contributed by atoms with van der Waals surface area (Å²) in [6.07, 6.45) is 1.31. The molecule has 0 atom stereocenters. The molecule has 3 N–H and O–H groups in total. The number of rotatable bonds is 6. The number of hydrogen-bond acceptors (Lipinski definition) is 5. The molecule has 0 bridgehead atoms. The summed E-state index contributed by atoms with van der Waals surface area (Å²) in [5.74, 6) is -1.13. The van der Waals surface area contributed by atoms with E-state index in [1.165, 1.54) is 10.9 Å². The normalized spacial score (nSPS) is 10.3. The third-order valence-corrected chi connectivity index (χ3v) is 4.41. The van der Waals surface area contributed by atoms with Crippen LogP contribution in [-0.2, 0) is 13.1 Å². The van der Waals surface area contributed by atoms with Gasteiger partial charge in [0.1, 0.15) is 0 Å². The number of nitrogens with one attached hydrogen (secondary N) is 2. The monoisotopic (exact) mass is 373 g/mol. The predicted molar refractivity (Wildman–Crippen MR) is 79.2 cm³/mol. The molecule has 0 aromatic carbocycles. The zero-order chi connectivity index (χ0) is 15.2.